The minimum Gasteiger partial charge on any atom is -0.293 e. The van der Waals surface area contributed by atoms with Crippen LogP contribution in [0.2, 0.25) is 0 Å². The van der Waals surface area contributed by atoms with Crippen molar-refractivity contribution in [2.24, 2.45) is 0 Å². The quantitative estimate of drug-likeness (QED) is 0.673. The summed E-state index contributed by atoms with van der Waals surface area (Å²) in [5, 5.41) is 7.38. The zero-order valence-electron chi connectivity index (χ0n) is 11.3. The van der Waals surface area contributed by atoms with E-state index in [2.05, 4.69) is 15.2 Å². The van der Waals surface area contributed by atoms with Gasteiger partial charge in [0.1, 0.15) is 5.82 Å². The van der Waals surface area contributed by atoms with Crippen molar-refractivity contribution in [3.63, 3.8) is 0 Å². The number of nitrogens with one attached hydrogen (secondary N) is 1. The molecule has 0 aliphatic heterocycles. The van der Waals surface area contributed by atoms with Gasteiger partial charge in [-0.3, -0.25) is 9.89 Å². The molecule has 0 saturated carbocycles. The second kappa shape index (κ2) is 6.02. The maximum atomic E-state index is 12.3. The minimum absolute atomic E-state index is 0.104. The maximum Gasteiger partial charge on any atom is 0.209 e. The number of nitrogens with zero attached hydrogens (tertiary/aromatic N) is 2. The first-order valence-corrected chi connectivity index (χ1v) is 7.17. The van der Waals surface area contributed by atoms with Gasteiger partial charge in [-0.1, -0.05) is 48.5 Å². The molecule has 2 aromatic rings. The molecular formula is C14H17N3OS. The number of aromatic nitrogens is 3. The Hall–Kier alpha value is -1.62. The summed E-state index contributed by atoms with van der Waals surface area (Å²) in [4.78, 5) is 16.6. The molecule has 0 fully saturated rings. The zero-order chi connectivity index (χ0) is 13.8. The van der Waals surface area contributed by atoms with Crippen LogP contribution in [0.25, 0.3) is 0 Å². The lowest BCUT2D eigenvalue weighted by Gasteiger charge is -2.07. The first-order chi connectivity index (χ1) is 9.10. The van der Waals surface area contributed by atoms with Gasteiger partial charge >= 0.3 is 0 Å². The van der Waals surface area contributed by atoms with Crippen molar-refractivity contribution in [1.82, 2.24) is 15.2 Å². The highest BCUT2D eigenvalue weighted by atomic mass is 32.2. The van der Waals surface area contributed by atoms with Gasteiger partial charge in [0, 0.05) is 12.0 Å². The fourth-order valence-corrected chi connectivity index (χ4v) is 2.47. The van der Waals surface area contributed by atoms with Crippen LogP contribution in [-0.2, 0) is 6.42 Å². The zero-order valence-corrected chi connectivity index (χ0v) is 12.1. The number of hydrogen-bond donors (Lipinski definition) is 1. The summed E-state index contributed by atoms with van der Waals surface area (Å²) in [6.45, 7) is 5.90. The number of hydrogen-bond acceptors (Lipinski definition) is 4. The maximum absolute atomic E-state index is 12.3. The molecule has 2 rings (SSSR count). The number of Topliss-reactive ketones (excluding diaryl/α,β-unsaturated/α-hetero) is 1. The van der Waals surface area contributed by atoms with Crippen molar-refractivity contribution < 1.29 is 4.79 Å². The number of aromatic amines is 1. The highest BCUT2D eigenvalue weighted by Crippen LogP contribution is 2.22. The Morgan fingerprint density at radius 2 is 2.05 bits per heavy atom. The van der Waals surface area contributed by atoms with Crippen LogP contribution in [0.4, 0.5) is 0 Å². The van der Waals surface area contributed by atoms with Crippen molar-refractivity contribution in [3.05, 3.63) is 41.2 Å². The molecule has 1 heterocycles. The SMILES string of the molecule is CCc1nc(SC(C)C(=O)c2ccc(C)cc2)n[nH]1. The molecule has 0 aliphatic carbocycles. The minimum atomic E-state index is -0.191. The third-order valence-electron chi connectivity index (χ3n) is 2.83. The Labute approximate surface area is 117 Å². The number of benzene rings is 1. The molecule has 0 bridgehead atoms. The predicted molar refractivity (Wildman–Crippen MR) is 76.6 cm³/mol. The van der Waals surface area contributed by atoms with Crippen molar-refractivity contribution in [2.45, 2.75) is 37.6 Å². The second-order valence-corrected chi connectivity index (χ2v) is 5.72. The van der Waals surface area contributed by atoms with Gasteiger partial charge in [0.05, 0.1) is 5.25 Å². The topological polar surface area (TPSA) is 58.6 Å². The molecule has 19 heavy (non-hydrogen) atoms. The lowest BCUT2D eigenvalue weighted by atomic mass is 10.1. The number of carbonyl (C=O) groups is 1. The van der Waals surface area contributed by atoms with E-state index in [0.29, 0.717) is 5.16 Å². The fraction of sp³-hybridized carbons (Fsp3) is 0.357. The Morgan fingerprint density at radius 3 is 2.63 bits per heavy atom. The molecule has 0 aliphatic rings. The molecule has 1 aromatic carbocycles. The Morgan fingerprint density at radius 1 is 1.37 bits per heavy atom. The number of aryl methyl sites for hydroxylation is 2. The van der Waals surface area contributed by atoms with Gasteiger partial charge in [-0.2, -0.15) is 0 Å². The summed E-state index contributed by atoms with van der Waals surface area (Å²) in [6, 6.07) is 7.63. The van der Waals surface area contributed by atoms with E-state index in [-0.39, 0.29) is 11.0 Å². The van der Waals surface area contributed by atoms with Crippen LogP contribution >= 0.6 is 11.8 Å². The summed E-state index contributed by atoms with van der Waals surface area (Å²) < 4.78 is 0. The largest absolute Gasteiger partial charge is 0.293 e. The molecule has 0 spiro atoms. The molecular weight excluding hydrogens is 258 g/mol. The lowest BCUT2D eigenvalue weighted by Crippen LogP contribution is -2.13. The van der Waals surface area contributed by atoms with E-state index < -0.39 is 0 Å². The third kappa shape index (κ3) is 3.44. The molecule has 1 aromatic heterocycles. The van der Waals surface area contributed by atoms with Gasteiger partial charge in [0.25, 0.3) is 0 Å². The van der Waals surface area contributed by atoms with Crippen molar-refractivity contribution in [2.75, 3.05) is 0 Å². The van der Waals surface area contributed by atoms with Gasteiger partial charge in [-0.05, 0) is 13.8 Å². The van der Waals surface area contributed by atoms with Gasteiger partial charge in [0.2, 0.25) is 5.16 Å². The first-order valence-electron chi connectivity index (χ1n) is 6.29. The number of thioether (sulfide) groups is 1. The molecule has 1 N–H and O–H groups in total. The van der Waals surface area contributed by atoms with Crippen LogP contribution in [0, 0.1) is 6.92 Å². The van der Waals surface area contributed by atoms with Crippen molar-refractivity contribution in [3.8, 4) is 0 Å². The Balaban J connectivity index is 2.04. The van der Waals surface area contributed by atoms with E-state index >= 15 is 0 Å². The first kappa shape index (κ1) is 13.8. The number of ketones is 1. The highest BCUT2D eigenvalue weighted by Gasteiger charge is 2.18. The second-order valence-electron chi connectivity index (χ2n) is 4.41. The molecule has 5 heteroatoms. The lowest BCUT2D eigenvalue weighted by molar-refractivity contribution is 0.0994. The van der Waals surface area contributed by atoms with Crippen molar-refractivity contribution >= 4 is 17.5 Å². The molecule has 1 atom stereocenters. The summed E-state index contributed by atoms with van der Waals surface area (Å²) in [7, 11) is 0. The van der Waals surface area contributed by atoms with Gasteiger partial charge in [-0.25, -0.2) is 4.98 Å². The molecule has 0 amide bonds. The molecule has 100 valence electrons. The Bertz CT molecular complexity index is 562. The molecule has 1 unspecified atom stereocenters. The standard InChI is InChI=1S/C14H17N3OS/c1-4-12-15-14(17-16-12)19-10(3)13(18)11-7-5-9(2)6-8-11/h5-8,10H,4H2,1-3H3,(H,15,16,17). The predicted octanol–water partition coefficient (Wildman–Crippen LogP) is 3.04. The van der Waals surface area contributed by atoms with Gasteiger partial charge in [0.15, 0.2) is 5.78 Å². The summed E-state index contributed by atoms with van der Waals surface area (Å²) >= 11 is 1.38. The summed E-state index contributed by atoms with van der Waals surface area (Å²) in [6.07, 6.45) is 0.813. The number of carbonyl (C=O) groups excluding carboxylic acids is 1. The van der Waals surface area contributed by atoms with E-state index in [4.69, 9.17) is 0 Å². The van der Waals surface area contributed by atoms with E-state index in [1.807, 2.05) is 45.0 Å². The average molecular weight is 275 g/mol. The Kier molecular flexibility index (Phi) is 4.37. The van der Waals surface area contributed by atoms with Gasteiger partial charge in [-0.15, -0.1) is 5.10 Å². The van der Waals surface area contributed by atoms with Crippen LogP contribution < -0.4 is 0 Å². The van der Waals surface area contributed by atoms with Crippen LogP contribution in [-0.4, -0.2) is 26.2 Å². The molecule has 0 saturated heterocycles. The normalized spacial score (nSPS) is 12.4. The third-order valence-corrected chi connectivity index (χ3v) is 3.79. The summed E-state index contributed by atoms with van der Waals surface area (Å²) in [5.41, 5.74) is 1.88. The number of rotatable bonds is 5. The molecule has 4 nitrogen and oxygen atoms in total. The monoisotopic (exact) mass is 275 g/mol. The van der Waals surface area contributed by atoms with E-state index in [1.165, 1.54) is 11.8 Å². The van der Waals surface area contributed by atoms with Crippen LogP contribution in [0.1, 0.15) is 35.6 Å². The van der Waals surface area contributed by atoms with Crippen molar-refractivity contribution in [1.29, 1.82) is 0 Å². The van der Waals surface area contributed by atoms with Crippen LogP contribution in [0.3, 0.4) is 0 Å². The highest BCUT2D eigenvalue weighted by molar-refractivity contribution is 8.00. The fourth-order valence-electron chi connectivity index (χ4n) is 1.65. The smallest absolute Gasteiger partial charge is 0.209 e. The van der Waals surface area contributed by atoms with E-state index in [1.54, 1.807) is 0 Å². The average Bonchev–Trinajstić information content (AvgIpc) is 2.86. The van der Waals surface area contributed by atoms with Gasteiger partial charge < -0.3 is 0 Å². The molecule has 0 radical (unpaired) electrons. The van der Waals surface area contributed by atoms with E-state index in [0.717, 1.165) is 23.4 Å². The number of H-pyrrole nitrogens is 1. The van der Waals surface area contributed by atoms with Crippen LogP contribution in [0.15, 0.2) is 29.4 Å². The van der Waals surface area contributed by atoms with Crippen LogP contribution in [0.5, 0.6) is 0 Å². The van der Waals surface area contributed by atoms with E-state index in [9.17, 15) is 4.79 Å². The summed E-state index contributed by atoms with van der Waals surface area (Å²) in [5.74, 6) is 0.949.